The molecule has 0 rings (SSSR count). The zero-order valence-electron chi connectivity index (χ0n) is 17.1. The van der Waals surface area contributed by atoms with Gasteiger partial charge in [-0.15, -0.1) is 0 Å². The van der Waals surface area contributed by atoms with Crippen molar-refractivity contribution in [3.8, 4) is 0 Å². The Morgan fingerprint density at radius 2 is 1.36 bits per heavy atom. The minimum atomic E-state index is 0.463. The van der Waals surface area contributed by atoms with E-state index in [1.807, 2.05) is 0 Å². The molecule has 0 radical (unpaired) electrons. The topological polar surface area (TPSA) is 3.24 Å². The number of hydrogen-bond acceptors (Lipinski definition) is 1. The molecule has 0 amide bonds. The van der Waals surface area contributed by atoms with E-state index in [4.69, 9.17) is 0 Å². The summed E-state index contributed by atoms with van der Waals surface area (Å²) >= 11 is 0. The van der Waals surface area contributed by atoms with Crippen molar-refractivity contribution in [1.82, 2.24) is 4.90 Å². The van der Waals surface area contributed by atoms with Gasteiger partial charge in [-0.25, -0.2) is 0 Å². The summed E-state index contributed by atoms with van der Waals surface area (Å²) in [6, 6.07) is 0. The molecule has 134 valence electrons. The maximum atomic E-state index is 2.71. The molecule has 1 unspecified atom stereocenters. The third-order valence-corrected chi connectivity index (χ3v) is 4.22. The molecule has 0 aromatic rings. The number of unbranched alkanes of at least 4 members (excludes halogenated alkanes) is 3. The standard InChI is InChI=1S/C21H45N/c1-9-15-22(18-19(2)17-21(6,7)8)16-13-11-10-12-14-20(3,4)5/h19H,9-18H2,1-8H3. The highest BCUT2D eigenvalue weighted by Gasteiger charge is 2.17. The van der Waals surface area contributed by atoms with Crippen LogP contribution >= 0.6 is 0 Å². The van der Waals surface area contributed by atoms with Crippen molar-refractivity contribution in [2.45, 2.75) is 100 Å². The second-order valence-corrected chi connectivity index (χ2v) is 9.90. The van der Waals surface area contributed by atoms with E-state index in [9.17, 15) is 0 Å². The van der Waals surface area contributed by atoms with Crippen LogP contribution in [0.5, 0.6) is 0 Å². The second kappa shape index (κ2) is 10.7. The van der Waals surface area contributed by atoms with E-state index in [1.165, 1.54) is 64.6 Å². The van der Waals surface area contributed by atoms with E-state index in [2.05, 4.69) is 60.3 Å². The van der Waals surface area contributed by atoms with Gasteiger partial charge in [0.15, 0.2) is 0 Å². The van der Waals surface area contributed by atoms with Gasteiger partial charge in [0, 0.05) is 6.54 Å². The highest BCUT2D eigenvalue weighted by Crippen LogP contribution is 2.25. The Morgan fingerprint density at radius 3 is 1.86 bits per heavy atom. The van der Waals surface area contributed by atoms with Crippen LogP contribution in [0.15, 0.2) is 0 Å². The molecule has 0 spiro atoms. The molecule has 0 aliphatic rings. The smallest absolute Gasteiger partial charge is 0.000721 e. The average molecular weight is 312 g/mol. The molecule has 1 nitrogen and oxygen atoms in total. The van der Waals surface area contributed by atoms with Crippen LogP contribution in [0.1, 0.15) is 100 Å². The normalized spacial score (nSPS) is 14.6. The van der Waals surface area contributed by atoms with Crippen LogP contribution in [0.3, 0.4) is 0 Å². The Labute approximate surface area is 142 Å². The van der Waals surface area contributed by atoms with Gasteiger partial charge in [-0.2, -0.15) is 0 Å². The fourth-order valence-electron chi connectivity index (χ4n) is 3.51. The van der Waals surface area contributed by atoms with Crippen molar-refractivity contribution in [2.75, 3.05) is 19.6 Å². The Morgan fingerprint density at radius 1 is 0.773 bits per heavy atom. The molecule has 0 aromatic heterocycles. The summed E-state index contributed by atoms with van der Waals surface area (Å²) < 4.78 is 0. The van der Waals surface area contributed by atoms with Gasteiger partial charge in [-0.3, -0.25) is 0 Å². The third kappa shape index (κ3) is 14.9. The summed E-state index contributed by atoms with van der Waals surface area (Å²) in [5.41, 5.74) is 0.973. The summed E-state index contributed by atoms with van der Waals surface area (Å²) in [4.78, 5) is 2.71. The Bertz CT molecular complexity index is 256. The monoisotopic (exact) mass is 311 g/mol. The van der Waals surface area contributed by atoms with Crippen LogP contribution in [0, 0.1) is 16.7 Å². The van der Waals surface area contributed by atoms with Gasteiger partial charge in [0.25, 0.3) is 0 Å². The number of rotatable bonds is 11. The van der Waals surface area contributed by atoms with Crippen molar-refractivity contribution < 1.29 is 0 Å². The van der Waals surface area contributed by atoms with Gasteiger partial charge in [-0.05, 0) is 55.5 Å². The lowest BCUT2D eigenvalue weighted by atomic mass is 9.85. The Kier molecular flexibility index (Phi) is 10.7. The van der Waals surface area contributed by atoms with Crippen LogP contribution in [0.2, 0.25) is 0 Å². The molecule has 0 saturated carbocycles. The molecule has 0 aromatic carbocycles. The number of nitrogens with zero attached hydrogens (tertiary/aromatic N) is 1. The van der Waals surface area contributed by atoms with Crippen molar-refractivity contribution in [2.24, 2.45) is 16.7 Å². The van der Waals surface area contributed by atoms with Gasteiger partial charge >= 0.3 is 0 Å². The molecule has 1 atom stereocenters. The van der Waals surface area contributed by atoms with Crippen molar-refractivity contribution in [3.05, 3.63) is 0 Å². The molecule has 0 N–H and O–H groups in total. The fourth-order valence-corrected chi connectivity index (χ4v) is 3.51. The first kappa shape index (κ1) is 22.0. The maximum absolute atomic E-state index is 2.71. The van der Waals surface area contributed by atoms with E-state index in [-0.39, 0.29) is 0 Å². The maximum Gasteiger partial charge on any atom is 0.000721 e. The van der Waals surface area contributed by atoms with Gasteiger partial charge in [0.2, 0.25) is 0 Å². The molecule has 1 heteroatoms. The second-order valence-electron chi connectivity index (χ2n) is 9.90. The summed E-state index contributed by atoms with van der Waals surface area (Å²) in [6.07, 6.45) is 9.59. The van der Waals surface area contributed by atoms with Gasteiger partial charge < -0.3 is 4.90 Å². The lowest BCUT2D eigenvalue weighted by molar-refractivity contribution is 0.197. The first-order valence-electron chi connectivity index (χ1n) is 9.76. The van der Waals surface area contributed by atoms with Gasteiger partial charge in [0.05, 0.1) is 0 Å². The molecule has 0 fully saturated rings. The molecule has 0 aliphatic carbocycles. The van der Waals surface area contributed by atoms with Crippen LogP contribution in [-0.4, -0.2) is 24.5 Å². The van der Waals surface area contributed by atoms with Gasteiger partial charge in [-0.1, -0.05) is 74.7 Å². The molecule has 0 bridgehead atoms. The minimum absolute atomic E-state index is 0.463. The molecule has 0 saturated heterocycles. The molecular weight excluding hydrogens is 266 g/mol. The van der Waals surface area contributed by atoms with E-state index in [0.29, 0.717) is 10.8 Å². The average Bonchev–Trinajstić information content (AvgIpc) is 2.29. The first-order chi connectivity index (χ1) is 10.0. The van der Waals surface area contributed by atoms with Crippen LogP contribution in [-0.2, 0) is 0 Å². The largest absolute Gasteiger partial charge is 0.303 e. The predicted octanol–water partition coefficient (Wildman–Crippen LogP) is 6.77. The molecule has 0 aliphatic heterocycles. The zero-order valence-corrected chi connectivity index (χ0v) is 17.1. The third-order valence-electron chi connectivity index (χ3n) is 4.22. The van der Waals surface area contributed by atoms with E-state index < -0.39 is 0 Å². The lowest BCUT2D eigenvalue weighted by Crippen LogP contribution is -2.31. The van der Waals surface area contributed by atoms with Crippen molar-refractivity contribution >= 4 is 0 Å². The van der Waals surface area contributed by atoms with Crippen LogP contribution in [0.25, 0.3) is 0 Å². The lowest BCUT2D eigenvalue weighted by Gasteiger charge is -2.29. The van der Waals surface area contributed by atoms with Crippen molar-refractivity contribution in [3.63, 3.8) is 0 Å². The summed E-state index contributed by atoms with van der Waals surface area (Å²) in [5, 5.41) is 0. The van der Waals surface area contributed by atoms with E-state index in [1.54, 1.807) is 0 Å². The van der Waals surface area contributed by atoms with Crippen LogP contribution in [0.4, 0.5) is 0 Å². The quantitative estimate of drug-likeness (QED) is 0.381. The van der Waals surface area contributed by atoms with Gasteiger partial charge in [0.1, 0.15) is 0 Å². The predicted molar refractivity (Wildman–Crippen MR) is 103 cm³/mol. The van der Waals surface area contributed by atoms with Crippen LogP contribution < -0.4 is 0 Å². The SMILES string of the molecule is CCCN(CCCCCCC(C)(C)C)CC(C)CC(C)(C)C. The van der Waals surface area contributed by atoms with E-state index in [0.717, 1.165) is 5.92 Å². The summed E-state index contributed by atoms with van der Waals surface area (Å²) in [6.45, 7) is 22.8. The molecule has 0 heterocycles. The summed E-state index contributed by atoms with van der Waals surface area (Å²) in [7, 11) is 0. The van der Waals surface area contributed by atoms with Crippen molar-refractivity contribution in [1.29, 1.82) is 0 Å². The highest BCUT2D eigenvalue weighted by molar-refractivity contribution is 4.70. The molecular formula is C21H45N. The first-order valence-corrected chi connectivity index (χ1v) is 9.76. The fraction of sp³-hybridized carbons (Fsp3) is 1.00. The minimum Gasteiger partial charge on any atom is -0.303 e. The van der Waals surface area contributed by atoms with E-state index >= 15 is 0 Å². The Hall–Kier alpha value is -0.0400. The highest BCUT2D eigenvalue weighted by atomic mass is 15.1. The zero-order chi connectivity index (χ0) is 17.2. The Balaban J connectivity index is 3.90. The summed E-state index contributed by atoms with van der Waals surface area (Å²) in [5.74, 6) is 0.812. The molecule has 22 heavy (non-hydrogen) atoms. The number of hydrogen-bond donors (Lipinski definition) is 0.